The third kappa shape index (κ3) is 3.60. The second-order valence-corrected chi connectivity index (χ2v) is 11.4. The van der Waals surface area contributed by atoms with Crippen LogP contribution in [0.15, 0.2) is 12.1 Å². The van der Waals surface area contributed by atoms with Gasteiger partial charge in [-0.2, -0.15) is 0 Å². The van der Waals surface area contributed by atoms with Crippen molar-refractivity contribution < 1.29 is 23.8 Å². The van der Waals surface area contributed by atoms with E-state index in [2.05, 4.69) is 0 Å². The number of carbonyl (C=O) groups excluding carboxylic acids is 1. The highest BCUT2D eigenvalue weighted by Crippen LogP contribution is 2.60. The summed E-state index contributed by atoms with van der Waals surface area (Å²) in [5, 5.41) is 9.05. The molecule has 0 spiro atoms. The third-order valence-corrected chi connectivity index (χ3v) is 8.86. The quantitative estimate of drug-likeness (QED) is 0.648. The van der Waals surface area contributed by atoms with E-state index in [1.807, 2.05) is 0 Å². The largest absolute Gasteiger partial charge is 0.493 e. The van der Waals surface area contributed by atoms with Crippen molar-refractivity contribution in [2.24, 2.45) is 23.2 Å². The van der Waals surface area contributed by atoms with Crippen molar-refractivity contribution in [2.45, 2.75) is 76.2 Å². The SMILES string of the molecule is O=C(O)CC1CCN1C(=O)c1cc(C2CC2)c(OCC23CC4CC(CC(C4)C2)C3)cc1F. The summed E-state index contributed by atoms with van der Waals surface area (Å²) in [5.74, 6) is 1.61. The van der Waals surface area contributed by atoms with E-state index in [0.29, 0.717) is 31.2 Å². The molecule has 172 valence electrons. The van der Waals surface area contributed by atoms with Crippen LogP contribution in [0.2, 0.25) is 0 Å². The Balaban J connectivity index is 1.21. The van der Waals surface area contributed by atoms with Crippen molar-refractivity contribution in [3.63, 3.8) is 0 Å². The van der Waals surface area contributed by atoms with Gasteiger partial charge in [-0.05, 0) is 93.1 Å². The first kappa shape index (κ1) is 20.5. The predicted octanol–water partition coefficient (Wildman–Crippen LogP) is 4.99. The molecule has 4 bridgehead atoms. The fourth-order valence-corrected chi connectivity index (χ4v) is 7.55. The number of rotatable bonds is 7. The van der Waals surface area contributed by atoms with E-state index < -0.39 is 17.7 Å². The van der Waals surface area contributed by atoms with Crippen molar-refractivity contribution in [1.82, 2.24) is 4.90 Å². The number of likely N-dealkylation sites (tertiary alicyclic amines) is 1. The summed E-state index contributed by atoms with van der Waals surface area (Å²) in [5.41, 5.74) is 1.27. The molecular formula is C26H32FNO4. The molecule has 1 aliphatic heterocycles. The molecule has 0 aromatic heterocycles. The summed E-state index contributed by atoms with van der Waals surface area (Å²) in [6.07, 6.45) is 10.5. The minimum absolute atomic E-state index is 0.0594. The zero-order valence-electron chi connectivity index (χ0n) is 18.5. The van der Waals surface area contributed by atoms with Crippen LogP contribution < -0.4 is 4.74 Å². The normalized spacial score (nSPS) is 35.0. The van der Waals surface area contributed by atoms with Gasteiger partial charge in [0.05, 0.1) is 18.6 Å². The molecule has 1 heterocycles. The van der Waals surface area contributed by atoms with E-state index >= 15 is 4.39 Å². The lowest BCUT2D eigenvalue weighted by Crippen LogP contribution is -2.52. The van der Waals surface area contributed by atoms with Crippen molar-refractivity contribution in [3.8, 4) is 5.75 Å². The van der Waals surface area contributed by atoms with Crippen molar-refractivity contribution in [1.29, 1.82) is 0 Å². The highest BCUT2D eigenvalue weighted by Gasteiger charge is 2.51. The molecule has 5 aliphatic carbocycles. The smallest absolute Gasteiger partial charge is 0.305 e. The van der Waals surface area contributed by atoms with E-state index in [4.69, 9.17) is 9.84 Å². The maximum atomic E-state index is 15.1. The fraction of sp³-hybridized carbons (Fsp3) is 0.692. The monoisotopic (exact) mass is 441 g/mol. The first-order valence-electron chi connectivity index (χ1n) is 12.4. The zero-order valence-corrected chi connectivity index (χ0v) is 18.5. The summed E-state index contributed by atoms with van der Waals surface area (Å²) < 4.78 is 21.5. The standard InChI is InChI=1S/C26H32FNO4/c27-22-10-23(32-14-26-11-15-5-16(12-26)7-17(6-15)13-26)20(18-1-2-18)9-21(22)25(31)28-4-3-19(28)8-24(29)30/h9-10,15-19H,1-8,11-14H2,(H,29,30). The molecule has 6 aliphatic rings. The van der Waals surface area contributed by atoms with E-state index in [0.717, 1.165) is 36.2 Å². The van der Waals surface area contributed by atoms with Crippen molar-refractivity contribution in [3.05, 3.63) is 29.1 Å². The summed E-state index contributed by atoms with van der Waals surface area (Å²) in [4.78, 5) is 25.5. The lowest BCUT2D eigenvalue weighted by Gasteiger charge is -2.56. The summed E-state index contributed by atoms with van der Waals surface area (Å²) in [6.45, 7) is 1.15. The van der Waals surface area contributed by atoms with Gasteiger partial charge >= 0.3 is 5.97 Å². The predicted molar refractivity (Wildman–Crippen MR) is 116 cm³/mol. The molecule has 1 atom stereocenters. The fourth-order valence-electron chi connectivity index (χ4n) is 7.55. The molecule has 1 aromatic rings. The second-order valence-electron chi connectivity index (χ2n) is 11.4. The van der Waals surface area contributed by atoms with Crippen molar-refractivity contribution in [2.75, 3.05) is 13.2 Å². The Morgan fingerprint density at radius 2 is 1.72 bits per heavy atom. The Kier molecular flexibility index (Phi) is 4.78. The highest BCUT2D eigenvalue weighted by molar-refractivity contribution is 5.96. The van der Waals surface area contributed by atoms with Crippen LogP contribution in [-0.4, -0.2) is 41.1 Å². The van der Waals surface area contributed by atoms with E-state index in [1.54, 1.807) is 6.07 Å². The van der Waals surface area contributed by atoms with Gasteiger partial charge in [-0.15, -0.1) is 0 Å². The Morgan fingerprint density at radius 3 is 2.25 bits per heavy atom. The molecule has 1 aromatic carbocycles. The maximum Gasteiger partial charge on any atom is 0.305 e. The van der Waals surface area contributed by atoms with Crippen molar-refractivity contribution >= 4 is 11.9 Å². The first-order chi connectivity index (χ1) is 15.4. The number of benzene rings is 1. The zero-order chi connectivity index (χ0) is 22.0. The lowest BCUT2D eigenvalue weighted by atomic mass is 9.50. The van der Waals surface area contributed by atoms with Gasteiger partial charge in [-0.3, -0.25) is 9.59 Å². The van der Waals surface area contributed by atoms with Crippen LogP contribution in [0.5, 0.6) is 5.75 Å². The molecule has 32 heavy (non-hydrogen) atoms. The van der Waals surface area contributed by atoms with Gasteiger partial charge in [0.1, 0.15) is 11.6 Å². The molecule has 1 N–H and O–H groups in total. The molecule has 1 amide bonds. The number of nitrogens with zero attached hydrogens (tertiary/aromatic N) is 1. The summed E-state index contributed by atoms with van der Waals surface area (Å²) in [7, 11) is 0. The number of carboxylic acid groups (broad SMARTS) is 1. The number of aliphatic carboxylic acids is 1. The van der Waals surface area contributed by atoms with Gasteiger partial charge in [-0.1, -0.05) is 0 Å². The minimum Gasteiger partial charge on any atom is -0.493 e. The number of carbonyl (C=O) groups is 2. The van der Waals surface area contributed by atoms with Crippen LogP contribution in [0.4, 0.5) is 4.39 Å². The molecule has 0 radical (unpaired) electrons. The van der Waals surface area contributed by atoms with Crippen LogP contribution in [-0.2, 0) is 4.79 Å². The van der Waals surface area contributed by atoms with Crippen LogP contribution in [0.25, 0.3) is 0 Å². The lowest BCUT2D eigenvalue weighted by molar-refractivity contribution is -0.139. The molecule has 5 nitrogen and oxygen atoms in total. The second kappa shape index (κ2) is 7.46. The Morgan fingerprint density at radius 1 is 1.06 bits per heavy atom. The Labute approximate surface area is 188 Å². The van der Waals surface area contributed by atoms with Crippen LogP contribution in [0, 0.1) is 29.0 Å². The van der Waals surface area contributed by atoms with Crippen LogP contribution in [0.1, 0.15) is 86.0 Å². The number of carboxylic acids is 1. The van der Waals surface area contributed by atoms with E-state index in [1.165, 1.54) is 49.5 Å². The minimum atomic E-state index is -0.930. The molecule has 1 unspecified atom stereocenters. The third-order valence-electron chi connectivity index (χ3n) is 8.86. The molecular weight excluding hydrogens is 409 g/mol. The average Bonchev–Trinajstić information content (AvgIpc) is 3.54. The Hall–Kier alpha value is -2.11. The van der Waals surface area contributed by atoms with Gasteiger partial charge in [0, 0.05) is 24.1 Å². The molecule has 6 heteroatoms. The van der Waals surface area contributed by atoms with Gasteiger partial charge < -0.3 is 14.7 Å². The first-order valence-corrected chi connectivity index (χ1v) is 12.4. The Bertz CT molecular complexity index is 920. The van der Waals surface area contributed by atoms with E-state index in [9.17, 15) is 9.59 Å². The molecule has 1 saturated heterocycles. The maximum absolute atomic E-state index is 15.1. The summed E-state index contributed by atoms with van der Waals surface area (Å²) in [6, 6.07) is 2.78. The highest BCUT2D eigenvalue weighted by atomic mass is 19.1. The van der Waals surface area contributed by atoms with Crippen LogP contribution >= 0.6 is 0 Å². The number of ether oxygens (including phenoxy) is 1. The van der Waals surface area contributed by atoms with Crippen LogP contribution in [0.3, 0.4) is 0 Å². The average molecular weight is 442 g/mol. The van der Waals surface area contributed by atoms with Gasteiger partial charge in [0.15, 0.2) is 0 Å². The number of halogens is 1. The van der Waals surface area contributed by atoms with Gasteiger partial charge in [0.25, 0.3) is 5.91 Å². The van der Waals surface area contributed by atoms with E-state index in [-0.39, 0.29) is 23.4 Å². The summed E-state index contributed by atoms with van der Waals surface area (Å²) >= 11 is 0. The topological polar surface area (TPSA) is 66.8 Å². The molecule has 7 rings (SSSR count). The molecule has 6 fully saturated rings. The number of amides is 1. The number of hydrogen-bond donors (Lipinski definition) is 1. The van der Waals surface area contributed by atoms with Gasteiger partial charge in [-0.25, -0.2) is 4.39 Å². The van der Waals surface area contributed by atoms with Gasteiger partial charge in [0.2, 0.25) is 0 Å². The molecule has 5 saturated carbocycles. The number of hydrogen-bond acceptors (Lipinski definition) is 3.